The Morgan fingerprint density at radius 1 is 1.33 bits per heavy atom. The van der Waals surface area contributed by atoms with Gasteiger partial charge in [-0.1, -0.05) is 6.07 Å². The molecule has 4 heterocycles. The van der Waals surface area contributed by atoms with Crippen LogP contribution in [0.1, 0.15) is 30.7 Å². The maximum Gasteiger partial charge on any atom is 0.320 e. The molecule has 0 radical (unpaired) electrons. The van der Waals surface area contributed by atoms with Gasteiger partial charge >= 0.3 is 6.03 Å². The van der Waals surface area contributed by atoms with E-state index < -0.39 is 0 Å². The Labute approximate surface area is 147 Å². The first kappa shape index (κ1) is 16.2. The molecular formula is C18H25N3O2S. The van der Waals surface area contributed by atoms with Crippen LogP contribution >= 0.6 is 11.8 Å². The van der Waals surface area contributed by atoms with Gasteiger partial charge in [0.1, 0.15) is 0 Å². The van der Waals surface area contributed by atoms with Gasteiger partial charge in [0, 0.05) is 37.6 Å². The van der Waals surface area contributed by atoms with Crippen LogP contribution in [0.25, 0.3) is 0 Å². The molecule has 2 amide bonds. The van der Waals surface area contributed by atoms with Crippen molar-refractivity contribution < 1.29 is 9.53 Å². The first-order valence-corrected chi connectivity index (χ1v) is 9.84. The molecule has 1 aromatic rings. The standard InChI is InChI=1S/C18H25N3O2S/c1-14-5-4-6-15(19-14)10-23-16-9-18(24-11-16)12-21(13-18)17(22)20-7-2-3-8-20/h4-6,16H,2-3,7-13H2,1H3/t16-/m1/s1. The largest absolute Gasteiger partial charge is 0.371 e. The molecule has 1 spiro atoms. The van der Waals surface area contributed by atoms with Crippen molar-refractivity contribution >= 4 is 17.8 Å². The summed E-state index contributed by atoms with van der Waals surface area (Å²) < 4.78 is 6.31. The number of aromatic nitrogens is 1. The van der Waals surface area contributed by atoms with Crippen LogP contribution in [0.3, 0.4) is 0 Å². The number of hydrogen-bond donors (Lipinski definition) is 0. The molecule has 0 N–H and O–H groups in total. The van der Waals surface area contributed by atoms with Crippen LogP contribution in [0.5, 0.6) is 0 Å². The van der Waals surface area contributed by atoms with Crippen molar-refractivity contribution in [2.24, 2.45) is 0 Å². The molecule has 1 atom stereocenters. The van der Waals surface area contributed by atoms with E-state index in [9.17, 15) is 4.79 Å². The molecular weight excluding hydrogens is 322 g/mol. The van der Waals surface area contributed by atoms with Crippen molar-refractivity contribution in [1.82, 2.24) is 14.8 Å². The number of carbonyl (C=O) groups is 1. The Hall–Kier alpha value is -1.27. The minimum Gasteiger partial charge on any atom is -0.371 e. The predicted molar refractivity (Wildman–Crippen MR) is 95.1 cm³/mol. The second-order valence-electron chi connectivity index (χ2n) is 7.23. The summed E-state index contributed by atoms with van der Waals surface area (Å²) in [5, 5.41) is 0. The van der Waals surface area contributed by atoms with Crippen LogP contribution in [-0.4, -0.2) is 63.6 Å². The molecule has 3 aliphatic rings. The summed E-state index contributed by atoms with van der Waals surface area (Å²) in [4.78, 5) is 20.9. The zero-order chi connectivity index (χ0) is 16.6. The summed E-state index contributed by atoms with van der Waals surface area (Å²) in [6.07, 6.45) is 3.64. The number of amides is 2. The lowest BCUT2D eigenvalue weighted by Crippen LogP contribution is -2.63. The average Bonchev–Trinajstić information content (AvgIpc) is 3.21. The van der Waals surface area contributed by atoms with Gasteiger partial charge < -0.3 is 14.5 Å². The van der Waals surface area contributed by atoms with Crippen LogP contribution in [0, 0.1) is 6.92 Å². The Kier molecular flexibility index (Phi) is 4.43. The van der Waals surface area contributed by atoms with E-state index in [1.807, 2.05) is 46.7 Å². The highest BCUT2D eigenvalue weighted by molar-refractivity contribution is 8.01. The zero-order valence-corrected chi connectivity index (χ0v) is 15.1. The molecule has 0 aliphatic carbocycles. The average molecular weight is 347 g/mol. The van der Waals surface area contributed by atoms with Crippen LogP contribution < -0.4 is 0 Å². The Morgan fingerprint density at radius 3 is 2.88 bits per heavy atom. The quantitative estimate of drug-likeness (QED) is 0.843. The van der Waals surface area contributed by atoms with Gasteiger partial charge in [0.25, 0.3) is 0 Å². The molecule has 0 saturated carbocycles. The lowest BCUT2D eigenvalue weighted by atomic mass is 9.93. The van der Waals surface area contributed by atoms with Crippen LogP contribution in [0.4, 0.5) is 4.79 Å². The topological polar surface area (TPSA) is 45.7 Å². The molecule has 5 nitrogen and oxygen atoms in total. The van der Waals surface area contributed by atoms with E-state index in [1.54, 1.807) is 0 Å². The Morgan fingerprint density at radius 2 is 2.12 bits per heavy atom. The number of rotatable bonds is 3. The number of aryl methyl sites for hydroxylation is 1. The van der Waals surface area contributed by atoms with Crippen molar-refractivity contribution in [3.8, 4) is 0 Å². The van der Waals surface area contributed by atoms with E-state index in [4.69, 9.17) is 4.74 Å². The molecule has 24 heavy (non-hydrogen) atoms. The fourth-order valence-electron chi connectivity index (χ4n) is 3.91. The predicted octanol–water partition coefficient (Wildman–Crippen LogP) is 2.68. The molecule has 0 unspecified atom stereocenters. The number of hydrogen-bond acceptors (Lipinski definition) is 4. The molecule has 3 saturated heterocycles. The Balaban J connectivity index is 1.24. The van der Waals surface area contributed by atoms with E-state index in [1.165, 1.54) is 0 Å². The van der Waals surface area contributed by atoms with Gasteiger partial charge in [0.05, 0.1) is 23.2 Å². The first-order valence-electron chi connectivity index (χ1n) is 8.86. The second kappa shape index (κ2) is 6.56. The zero-order valence-electron chi connectivity index (χ0n) is 14.2. The highest BCUT2D eigenvalue weighted by Crippen LogP contribution is 2.46. The summed E-state index contributed by atoms with van der Waals surface area (Å²) in [6.45, 7) is 6.23. The van der Waals surface area contributed by atoms with Gasteiger partial charge in [0.15, 0.2) is 0 Å². The number of urea groups is 1. The van der Waals surface area contributed by atoms with E-state index >= 15 is 0 Å². The smallest absolute Gasteiger partial charge is 0.320 e. The highest BCUT2D eigenvalue weighted by atomic mass is 32.2. The summed E-state index contributed by atoms with van der Waals surface area (Å²) in [6, 6.07) is 6.29. The molecule has 4 rings (SSSR count). The van der Waals surface area contributed by atoms with E-state index in [0.29, 0.717) is 6.61 Å². The SMILES string of the molecule is Cc1cccc(CO[C@H]2CSC3(C2)CN(C(=O)N2CCCC2)C3)n1. The monoisotopic (exact) mass is 347 g/mol. The molecule has 6 heteroatoms. The number of ether oxygens (including phenoxy) is 1. The van der Waals surface area contributed by atoms with Crippen molar-refractivity contribution in [2.75, 3.05) is 31.9 Å². The number of thioether (sulfide) groups is 1. The van der Waals surface area contributed by atoms with Crippen molar-refractivity contribution in [3.05, 3.63) is 29.6 Å². The first-order chi connectivity index (χ1) is 11.6. The third-order valence-corrected chi connectivity index (χ3v) is 6.77. The summed E-state index contributed by atoms with van der Waals surface area (Å²) in [5.74, 6) is 1.03. The highest BCUT2D eigenvalue weighted by Gasteiger charge is 2.51. The van der Waals surface area contributed by atoms with E-state index in [0.717, 1.165) is 62.6 Å². The maximum absolute atomic E-state index is 12.4. The van der Waals surface area contributed by atoms with E-state index in [2.05, 4.69) is 4.98 Å². The Bertz CT molecular complexity index is 612. The minimum absolute atomic E-state index is 0.236. The summed E-state index contributed by atoms with van der Waals surface area (Å²) in [5.41, 5.74) is 2.03. The van der Waals surface area contributed by atoms with Crippen LogP contribution in [-0.2, 0) is 11.3 Å². The fourth-order valence-corrected chi connectivity index (χ4v) is 5.46. The lowest BCUT2D eigenvalue weighted by molar-refractivity contribution is 0.0304. The third kappa shape index (κ3) is 3.26. The lowest BCUT2D eigenvalue weighted by Gasteiger charge is -2.48. The third-order valence-electron chi connectivity index (χ3n) is 5.19. The number of pyridine rings is 1. The number of likely N-dealkylation sites (tertiary alicyclic amines) is 2. The second-order valence-corrected chi connectivity index (χ2v) is 8.72. The van der Waals surface area contributed by atoms with Gasteiger partial charge in [-0.25, -0.2) is 4.79 Å². The molecule has 1 aromatic heterocycles. The van der Waals surface area contributed by atoms with Gasteiger partial charge in [-0.05, 0) is 38.3 Å². The minimum atomic E-state index is 0.236. The van der Waals surface area contributed by atoms with Crippen molar-refractivity contribution in [2.45, 2.75) is 43.6 Å². The van der Waals surface area contributed by atoms with Gasteiger partial charge in [-0.3, -0.25) is 4.98 Å². The van der Waals surface area contributed by atoms with Crippen molar-refractivity contribution in [3.63, 3.8) is 0 Å². The van der Waals surface area contributed by atoms with Crippen molar-refractivity contribution in [1.29, 1.82) is 0 Å². The van der Waals surface area contributed by atoms with E-state index in [-0.39, 0.29) is 16.9 Å². The van der Waals surface area contributed by atoms with Gasteiger partial charge in [-0.15, -0.1) is 11.8 Å². The molecule has 0 bridgehead atoms. The van der Waals surface area contributed by atoms with Crippen LogP contribution in [0.2, 0.25) is 0 Å². The summed E-state index contributed by atoms with van der Waals surface area (Å²) >= 11 is 1.98. The van der Waals surface area contributed by atoms with Gasteiger partial charge in [0.2, 0.25) is 0 Å². The normalized spacial score (nSPS) is 25.3. The molecule has 3 fully saturated rings. The molecule has 130 valence electrons. The number of carbonyl (C=O) groups excluding carboxylic acids is 1. The van der Waals surface area contributed by atoms with Gasteiger partial charge in [-0.2, -0.15) is 0 Å². The fraction of sp³-hybridized carbons (Fsp3) is 0.667. The number of nitrogens with zero attached hydrogens (tertiary/aromatic N) is 3. The molecule has 3 aliphatic heterocycles. The van der Waals surface area contributed by atoms with Crippen LogP contribution in [0.15, 0.2) is 18.2 Å². The maximum atomic E-state index is 12.4. The summed E-state index contributed by atoms with van der Waals surface area (Å²) in [7, 11) is 0. The molecule has 0 aromatic carbocycles.